The molecule has 7 nitrogen and oxygen atoms in total. The minimum atomic E-state index is -1.32. The molecule has 184 valence electrons. The number of rotatable bonds is 7. The molecule has 1 aromatic heterocycles. The van der Waals surface area contributed by atoms with E-state index >= 15 is 0 Å². The van der Waals surface area contributed by atoms with Crippen molar-refractivity contribution < 1.29 is 18.4 Å². The zero-order valence-electron chi connectivity index (χ0n) is 20.0. The number of aryl methyl sites for hydroxylation is 1. The summed E-state index contributed by atoms with van der Waals surface area (Å²) in [5.41, 5.74) is 2.59. The lowest BCUT2D eigenvalue weighted by molar-refractivity contribution is -0.139. The van der Waals surface area contributed by atoms with Crippen LogP contribution in [-0.2, 0) is 16.1 Å². The van der Waals surface area contributed by atoms with Gasteiger partial charge in [-0.25, -0.2) is 13.5 Å². The number of benzene rings is 2. The molecule has 0 aliphatic carbocycles. The second-order valence-corrected chi connectivity index (χ2v) is 9.22. The zero-order chi connectivity index (χ0) is 25.1. The molecular weight excluding hydrogens is 452 g/mol. The molecule has 9 heteroatoms. The van der Waals surface area contributed by atoms with Gasteiger partial charge in [0.15, 0.2) is 0 Å². The van der Waals surface area contributed by atoms with Crippen LogP contribution in [0.4, 0.5) is 8.78 Å². The summed E-state index contributed by atoms with van der Waals surface area (Å²) in [6.45, 7) is 5.28. The van der Waals surface area contributed by atoms with Crippen LogP contribution < -0.4 is 5.32 Å². The van der Waals surface area contributed by atoms with Gasteiger partial charge in [0.05, 0.1) is 24.5 Å². The quantitative estimate of drug-likeness (QED) is 0.558. The first-order valence-corrected chi connectivity index (χ1v) is 11.7. The molecule has 1 saturated heterocycles. The molecule has 1 aliphatic heterocycles. The minimum Gasteiger partial charge on any atom is -0.343 e. The number of hydrogen-bond donors (Lipinski definition) is 1. The van der Waals surface area contributed by atoms with Crippen molar-refractivity contribution in [1.82, 2.24) is 25.2 Å². The van der Waals surface area contributed by atoms with E-state index in [1.54, 1.807) is 19.1 Å². The molecule has 2 amide bonds. The van der Waals surface area contributed by atoms with E-state index in [0.717, 1.165) is 5.56 Å². The first-order chi connectivity index (χ1) is 16.7. The van der Waals surface area contributed by atoms with Crippen LogP contribution in [0, 0.1) is 12.7 Å². The number of aromatic nitrogens is 3. The molecule has 1 aliphatic rings. The van der Waals surface area contributed by atoms with Crippen molar-refractivity contribution in [2.75, 3.05) is 6.54 Å². The maximum atomic E-state index is 14.8. The number of carbonyl (C=O) groups is 2. The van der Waals surface area contributed by atoms with Crippen LogP contribution in [0.15, 0.2) is 54.7 Å². The summed E-state index contributed by atoms with van der Waals surface area (Å²) in [6.07, 6.45) is 0.105. The number of hydrogen-bond acceptors (Lipinski definition) is 4. The Labute approximate surface area is 203 Å². The van der Waals surface area contributed by atoms with E-state index in [0.29, 0.717) is 16.8 Å². The molecule has 0 saturated carbocycles. The van der Waals surface area contributed by atoms with Gasteiger partial charge >= 0.3 is 0 Å². The SMILES string of the molecule is Cc1cnnn1CC(=O)N1CC(F)CC1C(=O)NC(c1ccccc1)c1ccc(C(C)C)c(F)c1. The molecule has 1 N–H and O–H groups in total. The molecular formula is C26H29F2N5O2. The van der Waals surface area contributed by atoms with Crippen LogP contribution >= 0.6 is 0 Å². The molecule has 3 unspecified atom stereocenters. The van der Waals surface area contributed by atoms with Gasteiger partial charge in [-0.05, 0) is 35.6 Å². The third-order valence-electron chi connectivity index (χ3n) is 6.37. The topological polar surface area (TPSA) is 80.1 Å². The lowest BCUT2D eigenvalue weighted by atomic mass is 9.94. The van der Waals surface area contributed by atoms with Gasteiger partial charge in [-0.15, -0.1) is 5.10 Å². The summed E-state index contributed by atoms with van der Waals surface area (Å²) < 4.78 is 30.6. The Hall–Kier alpha value is -3.62. The van der Waals surface area contributed by atoms with Gasteiger partial charge in [-0.3, -0.25) is 9.59 Å². The van der Waals surface area contributed by atoms with Crippen molar-refractivity contribution in [3.8, 4) is 0 Å². The van der Waals surface area contributed by atoms with Gasteiger partial charge in [0.2, 0.25) is 11.8 Å². The third kappa shape index (κ3) is 5.39. The Morgan fingerprint density at radius 3 is 2.51 bits per heavy atom. The summed E-state index contributed by atoms with van der Waals surface area (Å²) in [6, 6.07) is 12.5. The molecule has 3 aromatic rings. The Bertz CT molecular complexity index is 1200. The Morgan fingerprint density at radius 1 is 1.14 bits per heavy atom. The second kappa shape index (κ2) is 10.3. The van der Waals surface area contributed by atoms with Gasteiger partial charge in [0.25, 0.3) is 0 Å². The van der Waals surface area contributed by atoms with Crippen molar-refractivity contribution >= 4 is 11.8 Å². The van der Waals surface area contributed by atoms with Crippen LogP contribution in [-0.4, -0.2) is 50.5 Å². The van der Waals surface area contributed by atoms with Gasteiger partial charge in [-0.2, -0.15) is 0 Å². The molecule has 1 fully saturated rings. The summed E-state index contributed by atoms with van der Waals surface area (Å²) in [7, 11) is 0. The predicted molar refractivity (Wildman–Crippen MR) is 127 cm³/mol. The highest BCUT2D eigenvalue weighted by atomic mass is 19.1. The molecule has 0 bridgehead atoms. The highest BCUT2D eigenvalue weighted by Crippen LogP contribution is 2.28. The van der Waals surface area contributed by atoms with Crippen LogP contribution in [0.5, 0.6) is 0 Å². The Morgan fingerprint density at radius 2 is 1.89 bits per heavy atom. The summed E-state index contributed by atoms with van der Waals surface area (Å²) in [5.74, 6) is -1.24. The van der Waals surface area contributed by atoms with Crippen LogP contribution in [0.2, 0.25) is 0 Å². The normalized spacial score (nSPS) is 18.6. The Balaban J connectivity index is 1.59. The number of alkyl halides is 1. The van der Waals surface area contributed by atoms with Gasteiger partial charge < -0.3 is 10.2 Å². The molecule has 35 heavy (non-hydrogen) atoms. The van der Waals surface area contributed by atoms with E-state index in [1.165, 1.54) is 21.8 Å². The largest absolute Gasteiger partial charge is 0.343 e. The fraction of sp³-hybridized carbons (Fsp3) is 0.385. The van der Waals surface area contributed by atoms with E-state index in [9.17, 15) is 18.4 Å². The number of nitrogens with one attached hydrogen (secondary N) is 1. The highest BCUT2D eigenvalue weighted by Gasteiger charge is 2.40. The molecule has 0 spiro atoms. The molecule has 0 radical (unpaired) electrons. The van der Waals surface area contributed by atoms with Crippen LogP contribution in [0.25, 0.3) is 0 Å². The first-order valence-electron chi connectivity index (χ1n) is 11.7. The van der Waals surface area contributed by atoms with Crippen molar-refractivity contribution in [2.24, 2.45) is 0 Å². The lowest BCUT2D eigenvalue weighted by Gasteiger charge is -2.27. The number of amides is 2. The average Bonchev–Trinajstić information content (AvgIpc) is 3.42. The minimum absolute atomic E-state index is 0.0157. The Kier molecular flexibility index (Phi) is 7.23. The van der Waals surface area contributed by atoms with Crippen molar-refractivity contribution in [1.29, 1.82) is 0 Å². The van der Waals surface area contributed by atoms with E-state index in [2.05, 4.69) is 15.6 Å². The number of carbonyl (C=O) groups excluding carboxylic acids is 2. The molecule has 4 rings (SSSR count). The van der Waals surface area contributed by atoms with Gasteiger partial charge in [-0.1, -0.05) is 61.5 Å². The van der Waals surface area contributed by atoms with Gasteiger partial charge in [0, 0.05) is 6.42 Å². The summed E-state index contributed by atoms with van der Waals surface area (Å²) in [4.78, 5) is 27.6. The van der Waals surface area contributed by atoms with E-state index in [1.807, 2.05) is 44.2 Å². The first kappa shape index (κ1) is 24.5. The smallest absolute Gasteiger partial charge is 0.245 e. The fourth-order valence-corrected chi connectivity index (χ4v) is 4.43. The summed E-state index contributed by atoms with van der Waals surface area (Å²) in [5, 5.41) is 10.6. The van der Waals surface area contributed by atoms with Crippen LogP contribution in [0.1, 0.15) is 54.6 Å². The van der Waals surface area contributed by atoms with E-state index < -0.39 is 30.1 Å². The van der Waals surface area contributed by atoms with Crippen LogP contribution in [0.3, 0.4) is 0 Å². The second-order valence-electron chi connectivity index (χ2n) is 9.22. The highest BCUT2D eigenvalue weighted by molar-refractivity contribution is 5.88. The molecule has 3 atom stereocenters. The van der Waals surface area contributed by atoms with E-state index in [-0.39, 0.29) is 31.2 Å². The maximum Gasteiger partial charge on any atom is 0.245 e. The number of likely N-dealkylation sites (tertiary alicyclic amines) is 1. The van der Waals surface area contributed by atoms with E-state index in [4.69, 9.17) is 0 Å². The summed E-state index contributed by atoms with van der Waals surface area (Å²) >= 11 is 0. The fourth-order valence-electron chi connectivity index (χ4n) is 4.43. The number of nitrogens with zero attached hydrogens (tertiary/aromatic N) is 4. The average molecular weight is 482 g/mol. The van der Waals surface area contributed by atoms with Crippen molar-refractivity contribution in [3.63, 3.8) is 0 Å². The van der Waals surface area contributed by atoms with Crippen molar-refractivity contribution in [2.45, 2.75) is 57.9 Å². The molecule has 2 heterocycles. The number of halogens is 2. The zero-order valence-corrected chi connectivity index (χ0v) is 20.0. The monoisotopic (exact) mass is 481 g/mol. The molecule has 2 aromatic carbocycles. The lowest BCUT2D eigenvalue weighted by Crippen LogP contribution is -2.48. The maximum absolute atomic E-state index is 14.8. The predicted octanol–water partition coefficient (Wildman–Crippen LogP) is 3.69. The standard InChI is InChI=1S/C26H29F2N5O2/c1-16(2)21-10-9-19(11-22(21)28)25(18-7-5-4-6-8-18)30-26(35)23-12-20(27)14-32(23)24(34)15-33-17(3)13-29-31-33/h4-11,13,16,20,23,25H,12,14-15H2,1-3H3,(H,30,35). The third-order valence-corrected chi connectivity index (χ3v) is 6.37. The van der Waals surface area contributed by atoms with Gasteiger partial charge in [0.1, 0.15) is 24.6 Å². The van der Waals surface area contributed by atoms with Crippen molar-refractivity contribution in [3.05, 3.63) is 82.9 Å².